The Balaban J connectivity index is 2.30. The van der Waals surface area contributed by atoms with E-state index in [4.69, 9.17) is 0 Å². The number of benzene rings is 1. The van der Waals surface area contributed by atoms with Crippen LogP contribution in [0.5, 0.6) is 0 Å². The lowest BCUT2D eigenvalue weighted by molar-refractivity contribution is 0.493. The first-order chi connectivity index (χ1) is 6.60. The predicted molar refractivity (Wildman–Crippen MR) is 65.1 cm³/mol. The van der Waals surface area contributed by atoms with Crippen molar-refractivity contribution < 1.29 is 0 Å². The Hall–Kier alpha value is -0.300. The fourth-order valence-corrected chi connectivity index (χ4v) is 3.39. The molecule has 0 radical (unpaired) electrons. The summed E-state index contributed by atoms with van der Waals surface area (Å²) in [6.45, 7) is 4.57. The predicted octanol–water partition coefficient (Wildman–Crippen LogP) is 4.20. The Kier molecular flexibility index (Phi) is 2.70. The monoisotopic (exact) mass is 252 g/mol. The molecule has 1 heteroatoms. The minimum absolute atomic E-state index is 0.403. The van der Waals surface area contributed by atoms with Gasteiger partial charge in [-0.1, -0.05) is 52.7 Å². The Morgan fingerprint density at radius 3 is 2.79 bits per heavy atom. The molecule has 1 fully saturated rings. The van der Waals surface area contributed by atoms with E-state index >= 15 is 0 Å². The van der Waals surface area contributed by atoms with E-state index in [1.165, 1.54) is 30.4 Å². The summed E-state index contributed by atoms with van der Waals surface area (Å²) < 4.78 is 0. The van der Waals surface area contributed by atoms with Crippen LogP contribution < -0.4 is 0 Å². The largest absolute Gasteiger partial charge is 0.0890 e. The second-order valence-corrected chi connectivity index (χ2v) is 6.07. The SMILES string of the molecule is Cc1cccc(C2(C)CCC(Br)C2)c1. The molecule has 0 N–H and O–H groups in total. The summed E-state index contributed by atoms with van der Waals surface area (Å²) in [6.07, 6.45) is 3.90. The van der Waals surface area contributed by atoms with Crippen molar-refractivity contribution in [3.05, 3.63) is 35.4 Å². The van der Waals surface area contributed by atoms with Crippen molar-refractivity contribution in [3.8, 4) is 0 Å². The average Bonchev–Trinajstić information content (AvgIpc) is 2.48. The number of rotatable bonds is 1. The maximum absolute atomic E-state index is 3.73. The molecule has 2 atom stereocenters. The van der Waals surface area contributed by atoms with Crippen LogP contribution in [0.25, 0.3) is 0 Å². The van der Waals surface area contributed by atoms with E-state index in [0.29, 0.717) is 10.2 Å². The molecule has 14 heavy (non-hydrogen) atoms. The van der Waals surface area contributed by atoms with Crippen LogP contribution in [-0.2, 0) is 5.41 Å². The van der Waals surface area contributed by atoms with Crippen molar-refractivity contribution >= 4 is 15.9 Å². The highest BCUT2D eigenvalue weighted by Crippen LogP contribution is 2.43. The summed E-state index contributed by atoms with van der Waals surface area (Å²) in [6, 6.07) is 8.97. The van der Waals surface area contributed by atoms with Gasteiger partial charge in [-0.2, -0.15) is 0 Å². The molecule has 76 valence electrons. The van der Waals surface area contributed by atoms with Crippen LogP contribution in [0.4, 0.5) is 0 Å². The molecule has 2 rings (SSSR count). The summed E-state index contributed by atoms with van der Waals surface area (Å²) in [5.74, 6) is 0. The second-order valence-electron chi connectivity index (χ2n) is 4.77. The highest BCUT2D eigenvalue weighted by Gasteiger charge is 2.35. The summed E-state index contributed by atoms with van der Waals surface area (Å²) >= 11 is 3.73. The van der Waals surface area contributed by atoms with Gasteiger partial charge < -0.3 is 0 Å². The molecule has 0 amide bonds. The lowest BCUT2D eigenvalue weighted by Gasteiger charge is -2.24. The standard InChI is InChI=1S/C13H17Br/c1-10-4-3-5-11(8-10)13(2)7-6-12(14)9-13/h3-5,8,12H,6-7,9H2,1-2H3. The maximum atomic E-state index is 3.73. The van der Waals surface area contributed by atoms with Crippen LogP contribution in [0.15, 0.2) is 24.3 Å². The van der Waals surface area contributed by atoms with E-state index in [0.717, 1.165) is 0 Å². The minimum Gasteiger partial charge on any atom is -0.0890 e. The molecule has 1 saturated carbocycles. The van der Waals surface area contributed by atoms with Gasteiger partial charge in [-0.25, -0.2) is 0 Å². The highest BCUT2D eigenvalue weighted by molar-refractivity contribution is 9.09. The van der Waals surface area contributed by atoms with E-state index in [-0.39, 0.29) is 0 Å². The van der Waals surface area contributed by atoms with Gasteiger partial charge in [0.25, 0.3) is 0 Å². The van der Waals surface area contributed by atoms with Crippen molar-refractivity contribution in [2.45, 2.75) is 43.4 Å². The van der Waals surface area contributed by atoms with Crippen LogP contribution in [0, 0.1) is 6.92 Å². The molecule has 0 saturated heterocycles. The first-order valence-corrected chi connectivity index (χ1v) is 6.23. The number of alkyl halides is 1. The molecule has 1 aliphatic carbocycles. The quantitative estimate of drug-likeness (QED) is 0.658. The maximum Gasteiger partial charge on any atom is 0.0154 e. The van der Waals surface area contributed by atoms with E-state index in [9.17, 15) is 0 Å². The molecule has 0 spiro atoms. The molecule has 1 aliphatic rings. The first-order valence-electron chi connectivity index (χ1n) is 5.31. The van der Waals surface area contributed by atoms with Gasteiger partial charge in [-0.15, -0.1) is 0 Å². The van der Waals surface area contributed by atoms with Gasteiger partial charge in [0.05, 0.1) is 0 Å². The average molecular weight is 253 g/mol. The van der Waals surface area contributed by atoms with Gasteiger partial charge in [-0.05, 0) is 37.2 Å². The minimum atomic E-state index is 0.403. The molecular weight excluding hydrogens is 236 g/mol. The first kappa shape index (κ1) is 10.2. The lowest BCUT2D eigenvalue weighted by Crippen LogP contribution is -2.17. The van der Waals surface area contributed by atoms with Gasteiger partial charge in [-0.3, -0.25) is 0 Å². The Labute approximate surface area is 94.8 Å². The Morgan fingerprint density at radius 1 is 1.43 bits per heavy atom. The Morgan fingerprint density at radius 2 is 2.21 bits per heavy atom. The zero-order valence-electron chi connectivity index (χ0n) is 8.89. The lowest BCUT2D eigenvalue weighted by atomic mass is 9.80. The molecule has 0 aromatic heterocycles. The zero-order chi connectivity index (χ0) is 10.2. The van der Waals surface area contributed by atoms with Crippen molar-refractivity contribution in [3.63, 3.8) is 0 Å². The van der Waals surface area contributed by atoms with Gasteiger partial charge in [0.1, 0.15) is 0 Å². The Bertz CT molecular complexity index is 332. The van der Waals surface area contributed by atoms with Crippen LogP contribution in [0.1, 0.15) is 37.3 Å². The van der Waals surface area contributed by atoms with Gasteiger partial charge in [0.15, 0.2) is 0 Å². The van der Waals surface area contributed by atoms with E-state index in [1.54, 1.807) is 0 Å². The third-order valence-corrected chi connectivity index (χ3v) is 4.18. The number of halogens is 1. The summed E-state index contributed by atoms with van der Waals surface area (Å²) in [7, 11) is 0. The fraction of sp³-hybridized carbons (Fsp3) is 0.538. The summed E-state index contributed by atoms with van der Waals surface area (Å²) in [4.78, 5) is 0.716. The number of hydrogen-bond acceptors (Lipinski definition) is 0. The van der Waals surface area contributed by atoms with Gasteiger partial charge in [0.2, 0.25) is 0 Å². The molecule has 1 aromatic rings. The molecule has 0 aliphatic heterocycles. The fourth-order valence-electron chi connectivity index (χ4n) is 2.45. The van der Waals surface area contributed by atoms with Gasteiger partial charge in [0, 0.05) is 4.83 Å². The topological polar surface area (TPSA) is 0 Å². The van der Waals surface area contributed by atoms with Crippen molar-refractivity contribution in [1.82, 2.24) is 0 Å². The normalized spacial score (nSPS) is 32.1. The van der Waals surface area contributed by atoms with E-state index in [1.807, 2.05) is 0 Å². The van der Waals surface area contributed by atoms with Crippen molar-refractivity contribution in [2.75, 3.05) is 0 Å². The van der Waals surface area contributed by atoms with Crippen molar-refractivity contribution in [1.29, 1.82) is 0 Å². The van der Waals surface area contributed by atoms with E-state index < -0.39 is 0 Å². The molecule has 0 bridgehead atoms. The zero-order valence-corrected chi connectivity index (χ0v) is 10.5. The third kappa shape index (κ3) is 1.88. The second kappa shape index (κ2) is 3.69. The summed E-state index contributed by atoms with van der Waals surface area (Å²) in [5, 5.41) is 0. The van der Waals surface area contributed by atoms with Crippen LogP contribution in [0.3, 0.4) is 0 Å². The molecule has 0 nitrogen and oxygen atoms in total. The smallest absolute Gasteiger partial charge is 0.0154 e. The van der Waals surface area contributed by atoms with Crippen LogP contribution >= 0.6 is 15.9 Å². The molecule has 2 unspecified atom stereocenters. The van der Waals surface area contributed by atoms with E-state index in [2.05, 4.69) is 54.0 Å². The van der Waals surface area contributed by atoms with Crippen molar-refractivity contribution in [2.24, 2.45) is 0 Å². The van der Waals surface area contributed by atoms with Gasteiger partial charge >= 0.3 is 0 Å². The number of hydrogen-bond donors (Lipinski definition) is 0. The number of aryl methyl sites for hydroxylation is 1. The molecule has 1 aromatic carbocycles. The highest BCUT2D eigenvalue weighted by atomic mass is 79.9. The third-order valence-electron chi connectivity index (χ3n) is 3.40. The van der Waals surface area contributed by atoms with Crippen LogP contribution in [-0.4, -0.2) is 4.83 Å². The van der Waals surface area contributed by atoms with Crippen LogP contribution in [0.2, 0.25) is 0 Å². The summed E-state index contributed by atoms with van der Waals surface area (Å²) in [5.41, 5.74) is 3.29. The molecule has 0 heterocycles. The molecular formula is C13H17Br.